The molecule has 0 bridgehead atoms. The average Bonchev–Trinajstić information content (AvgIpc) is 2.65. The zero-order valence-electron chi connectivity index (χ0n) is 9.03. The van der Waals surface area contributed by atoms with Crippen molar-refractivity contribution in [1.82, 2.24) is 0 Å². The maximum Gasteiger partial charge on any atom is 0.0491 e. The molecule has 0 saturated heterocycles. The maximum atomic E-state index is 2.44. The van der Waals surface area contributed by atoms with Crippen molar-refractivity contribution in [2.75, 3.05) is 0 Å². The van der Waals surface area contributed by atoms with E-state index in [9.17, 15) is 0 Å². The van der Waals surface area contributed by atoms with Gasteiger partial charge in [-0.1, -0.05) is 62.4 Å². The van der Waals surface area contributed by atoms with Crippen molar-refractivity contribution >= 4 is 14.9 Å². The summed E-state index contributed by atoms with van der Waals surface area (Å²) in [6.07, 6.45) is 4.75. The van der Waals surface area contributed by atoms with Crippen LogP contribution >= 0.6 is 0 Å². The van der Waals surface area contributed by atoms with Gasteiger partial charge < -0.3 is 0 Å². The zero-order valence-corrected chi connectivity index (χ0v) is 10.2. The van der Waals surface area contributed by atoms with Crippen molar-refractivity contribution in [1.29, 1.82) is 0 Å². The van der Waals surface area contributed by atoms with E-state index in [1.165, 1.54) is 17.7 Å². The molecule has 14 heavy (non-hydrogen) atoms. The second-order valence-electron chi connectivity index (χ2n) is 4.09. The van der Waals surface area contributed by atoms with Crippen LogP contribution in [0.15, 0.2) is 30.3 Å². The molecule has 1 aliphatic rings. The van der Waals surface area contributed by atoms with E-state index in [0.29, 0.717) is 0 Å². The second kappa shape index (κ2) is 4.14. The van der Waals surface area contributed by atoms with E-state index in [2.05, 4.69) is 50.3 Å². The third kappa shape index (κ3) is 1.57. The highest BCUT2D eigenvalue weighted by molar-refractivity contribution is 6.61. The van der Waals surface area contributed by atoms with Gasteiger partial charge in [0.1, 0.15) is 0 Å². The van der Waals surface area contributed by atoms with E-state index < -0.39 is 8.80 Å². The lowest BCUT2D eigenvalue weighted by Crippen LogP contribution is -2.18. The van der Waals surface area contributed by atoms with Crippen LogP contribution in [0.1, 0.15) is 30.5 Å². The normalized spacial score (nSPS) is 18.9. The molecule has 1 aliphatic carbocycles. The van der Waals surface area contributed by atoms with Gasteiger partial charge in [-0.05, 0) is 16.7 Å². The molecule has 0 spiro atoms. The fraction of sp³-hybridized carbons (Fsp3) is 0.385. The van der Waals surface area contributed by atoms with E-state index in [4.69, 9.17) is 0 Å². The number of hydrogen-bond donors (Lipinski definition) is 0. The van der Waals surface area contributed by atoms with E-state index >= 15 is 0 Å². The van der Waals surface area contributed by atoms with Gasteiger partial charge in [0.25, 0.3) is 0 Å². The van der Waals surface area contributed by atoms with Crippen molar-refractivity contribution in [2.24, 2.45) is 0 Å². The Morgan fingerprint density at radius 2 is 1.86 bits per heavy atom. The Morgan fingerprint density at radius 1 is 1.14 bits per heavy atom. The Morgan fingerprint density at radius 3 is 2.57 bits per heavy atom. The molecule has 1 unspecified atom stereocenters. The second-order valence-corrected chi connectivity index (χ2v) is 7.96. The monoisotopic (exact) mass is 202 g/mol. The molecule has 0 heterocycles. The summed E-state index contributed by atoms with van der Waals surface area (Å²) in [6, 6.07) is 11.7. The lowest BCUT2D eigenvalue weighted by molar-refractivity contribution is 1.13. The fourth-order valence-corrected chi connectivity index (χ4v) is 5.31. The number of benzene rings is 1. The lowest BCUT2D eigenvalue weighted by Gasteiger charge is -2.19. The maximum absolute atomic E-state index is 2.44. The summed E-state index contributed by atoms with van der Waals surface area (Å²) < 4.78 is 0. The molecule has 2 rings (SSSR count). The highest BCUT2D eigenvalue weighted by Gasteiger charge is 2.23. The predicted molar refractivity (Wildman–Crippen MR) is 66.3 cm³/mol. The van der Waals surface area contributed by atoms with Crippen LogP contribution in [0.5, 0.6) is 0 Å². The number of hydrogen-bond acceptors (Lipinski definition) is 0. The SMILES string of the molecule is CC[SiH](CC)C1C=Cc2ccccc21. The van der Waals surface area contributed by atoms with E-state index in [1.54, 1.807) is 5.56 Å². The van der Waals surface area contributed by atoms with Crippen molar-refractivity contribution in [3.05, 3.63) is 41.5 Å². The number of allylic oxidation sites excluding steroid dienone is 1. The first-order valence-electron chi connectivity index (χ1n) is 5.64. The molecule has 0 N–H and O–H groups in total. The Kier molecular flexibility index (Phi) is 2.87. The molecule has 1 atom stereocenters. The molecular formula is C13H18Si. The first-order valence-corrected chi connectivity index (χ1v) is 7.94. The summed E-state index contributed by atoms with van der Waals surface area (Å²) in [5.41, 5.74) is 3.85. The van der Waals surface area contributed by atoms with Gasteiger partial charge in [0.2, 0.25) is 0 Å². The lowest BCUT2D eigenvalue weighted by atomic mass is 10.1. The van der Waals surface area contributed by atoms with Gasteiger partial charge in [-0.2, -0.15) is 0 Å². The third-order valence-corrected chi connectivity index (χ3v) is 7.09. The van der Waals surface area contributed by atoms with Gasteiger partial charge in [0.05, 0.1) is 0 Å². The van der Waals surface area contributed by atoms with Gasteiger partial charge in [0.15, 0.2) is 0 Å². The Hall–Kier alpha value is -0.823. The van der Waals surface area contributed by atoms with Crippen molar-refractivity contribution in [2.45, 2.75) is 31.5 Å². The van der Waals surface area contributed by atoms with Crippen LogP contribution < -0.4 is 0 Å². The smallest absolute Gasteiger partial charge is 0.0491 e. The molecule has 0 aliphatic heterocycles. The summed E-state index contributed by atoms with van der Waals surface area (Å²) in [4.78, 5) is 0. The third-order valence-electron chi connectivity index (χ3n) is 3.39. The first kappa shape index (κ1) is 9.72. The van der Waals surface area contributed by atoms with E-state index in [1.807, 2.05) is 0 Å². The largest absolute Gasteiger partial charge is 0.0794 e. The highest BCUT2D eigenvalue weighted by atomic mass is 28.3. The van der Waals surface area contributed by atoms with Gasteiger partial charge in [0, 0.05) is 8.80 Å². The van der Waals surface area contributed by atoms with Gasteiger partial charge in [-0.25, -0.2) is 0 Å². The standard InChI is InChI=1S/C13H18Si/c1-3-14(4-2)13-10-9-11-7-5-6-8-12(11)13/h5-10,13-14H,3-4H2,1-2H3. The minimum atomic E-state index is -0.568. The van der Waals surface area contributed by atoms with Crippen LogP contribution in [0.25, 0.3) is 6.08 Å². The summed E-state index contributed by atoms with van der Waals surface area (Å²) in [5.74, 6) is 0. The van der Waals surface area contributed by atoms with Gasteiger partial charge in [-0.3, -0.25) is 0 Å². The molecular weight excluding hydrogens is 184 g/mol. The summed E-state index contributed by atoms with van der Waals surface area (Å²) in [7, 11) is -0.568. The van der Waals surface area contributed by atoms with Gasteiger partial charge >= 0.3 is 0 Å². The van der Waals surface area contributed by atoms with Gasteiger partial charge in [-0.15, -0.1) is 0 Å². The molecule has 0 nitrogen and oxygen atoms in total. The summed E-state index contributed by atoms with van der Waals surface area (Å²) in [5, 5.41) is 0. The molecule has 0 amide bonds. The summed E-state index contributed by atoms with van der Waals surface area (Å²) >= 11 is 0. The number of rotatable bonds is 3. The number of fused-ring (bicyclic) bond motifs is 1. The predicted octanol–water partition coefficient (Wildman–Crippen LogP) is 3.60. The van der Waals surface area contributed by atoms with Crippen LogP contribution in [0.2, 0.25) is 12.1 Å². The van der Waals surface area contributed by atoms with Crippen LogP contribution in [0.4, 0.5) is 0 Å². The first-order chi connectivity index (χ1) is 6.86. The minimum Gasteiger partial charge on any atom is -0.0794 e. The van der Waals surface area contributed by atoms with E-state index in [0.717, 1.165) is 5.54 Å². The quantitative estimate of drug-likeness (QED) is 0.657. The molecule has 1 heteroatoms. The highest BCUT2D eigenvalue weighted by Crippen LogP contribution is 2.33. The molecule has 0 radical (unpaired) electrons. The molecule has 1 aromatic rings. The molecule has 74 valence electrons. The minimum absolute atomic E-state index is 0.568. The van der Waals surface area contributed by atoms with Crippen molar-refractivity contribution in [3.63, 3.8) is 0 Å². The van der Waals surface area contributed by atoms with Crippen LogP contribution in [0.3, 0.4) is 0 Å². The molecule has 0 aromatic heterocycles. The average molecular weight is 202 g/mol. The van der Waals surface area contributed by atoms with Crippen LogP contribution in [-0.2, 0) is 0 Å². The topological polar surface area (TPSA) is 0 Å². The molecule has 1 aromatic carbocycles. The molecule has 0 saturated carbocycles. The fourth-order valence-electron chi connectivity index (χ4n) is 2.48. The Balaban J connectivity index is 2.29. The Bertz CT molecular complexity index is 337. The van der Waals surface area contributed by atoms with Crippen LogP contribution in [0, 0.1) is 0 Å². The van der Waals surface area contributed by atoms with Crippen LogP contribution in [-0.4, -0.2) is 8.80 Å². The van der Waals surface area contributed by atoms with Crippen molar-refractivity contribution < 1.29 is 0 Å². The van der Waals surface area contributed by atoms with Crippen molar-refractivity contribution in [3.8, 4) is 0 Å². The Labute approximate surface area is 88.3 Å². The molecule has 0 fully saturated rings. The van der Waals surface area contributed by atoms with E-state index in [-0.39, 0.29) is 0 Å². The summed E-state index contributed by atoms with van der Waals surface area (Å²) in [6.45, 7) is 4.71. The zero-order chi connectivity index (χ0) is 9.97.